The second-order valence-corrected chi connectivity index (χ2v) is 9.40. The smallest absolute Gasteiger partial charge is 0.410 e. The van der Waals surface area contributed by atoms with Crippen LogP contribution in [0.3, 0.4) is 0 Å². The molecule has 2 saturated heterocycles. The quantitative estimate of drug-likeness (QED) is 0.668. The maximum absolute atomic E-state index is 13.5. The van der Waals surface area contributed by atoms with Crippen LogP contribution >= 0.6 is 0 Å². The molecule has 0 aromatic rings. The van der Waals surface area contributed by atoms with Crippen molar-refractivity contribution in [3.8, 4) is 0 Å². The summed E-state index contributed by atoms with van der Waals surface area (Å²) in [6.45, 7) is 11.4. The van der Waals surface area contributed by atoms with Gasteiger partial charge in [0.05, 0.1) is 18.1 Å². The summed E-state index contributed by atoms with van der Waals surface area (Å²) in [6.07, 6.45) is 5.03. The summed E-state index contributed by atoms with van der Waals surface area (Å²) in [4.78, 5) is 29.6. The van der Waals surface area contributed by atoms with E-state index in [9.17, 15) is 9.59 Å². The minimum absolute atomic E-state index is 0.166. The van der Waals surface area contributed by atoms with Gasteiger partial charge in [-0.25, -0.2) is 4.79 Å². The van der Waals surface area contributed by atoms with Crippen LogP contribution in [0.1, 0.15) is 66.2 Å². The van der Waals surface area contributed by atoms with Crippen molar-refractivity contribution in [2.24, 2.45) is 5.41 Å². The first-order chi connectivity index (χ1) is 13.7. The standard InChI is InChI=1S/C22H40N2O5/c1-6-16-28-18-8-7-12-23(13-9-18)19(25)22(17-27-5)10-14-24(15-11-22)20(26)29-21(2,3)4/h18H,6-17H2,1-5H3. The van der Waals surface area contributed by atoms with E-state index in [2.05, 4.69) is 6.92 Å². The van der Waals surface area contributed by atoms with Crippen LogP contribution < -0.4 is 0 Å². The molecule has 0 saturated carbocycles. The van der Waals surface area contributed by atoms with Crippen LogP contribution in [0.5, 0.6) is 0 Å². The van der Waals surface area contributed by atoms with E-state index >= 15 is 0 Å². The van der Waals surface area contributed by atoms with E-state index in [4.69, 9.17) is 14.2 Å². The van der Waals surface area contributed by atoms with Crippen molar-refractivity contribution in [1.29, 1.82) is 0 Å². The Hall–Kier alpha value is -1.34. The summed E-state index contributed by atoms with van der Waals surface area (Å²) in [5.41, 5.74) is -1.08. The highest BCUT2D eigenvalue weighted by Crippen LogP contribution is 2.35. The molecule has 7 heteroatoms. The van der Waals surface area contributed by atoms with E-state index in [1.165, 1.54) is 0 Å². The van der Waals surface area contributed by atoms with Crippen molar-refractivity contribution in [3.63, 3.8) is 0 Å². The van der Waals surface area contributed by atoms with Crippen molar-refractivity contribution in [3.05, 3.63) is 0 Å². The predicted octanol–water partition coefficient (Wildman–Crippen LogP) is 3.46. The van der Waals surface area contributed by atoms with Crippen molar-refractivity contribution in [1.82, 2.24) is 9.80 Å². The lowest BCUT2D eigenvalue weighted by atomic mass is 9.77. The Kier molecular flexibility index (Phi) is 8.76. The van der Waals surface area contributed by atoms with E-state index in [-0.39, 0.29) is 18.1 Å². The van der Waals surface area contributed by atoms with Gasteiger partial charge >= 0.3 is 6.09 Å². The van der Waals surface area contributed by atoms with Crippen molar-refractivity contribution in [2.45, 2.75) is 77.9 Å². The van der Waals surface area contributed by atoms with Gasteiger partial charge in [0.2, 0.25) is 5.91 Å². The number of nitrogens with zero attached hydrogens (tertiary/aromatic N) is 2. The highest BCUT2D eigenvalue weighted by molar-refractivity contribution is 5.83. The van der Waals surface area contributed by atoms with Crippen LogP contribution in [-0.2, 0) is 19.0 Å². The van der Waals surface area contributed by atoms with E-state index in [1.54, 1.807) is 12.0 Å². The molecule has 0 radical (unpaired) electrons. The Morgan fingerprint density at radius 1 is 1.03 bits per heavy atom. The summed E-state index contributed by atoms with van der Waals surface area (Å²) >= 11 is 0. The minimum Gasteiger partial charge on any atom is -0.444 e. The maximum atomic E-state index is 13.5. The summed E-state index contributed by atoms with van der Waals surface area (Å²) in [5, 5.41) is 0. The van der Waals surface area contributed by atoms with Gasteiger partial charge in [-0.15, -0.1) is 0 Å². The molecule has 0 spiro atoms. The molecule has 2 rings (SSSR count). The highest BCUT2D eigenvalue weighted by atomic mass is 16.6. The van der Waals surface area contributed by atoms with Crippen molar-refractivity contribution in [2.75, 3.05) is 46.5 Å². The molecule has 2 aliphatic rings. The Bertz CT molecular complexity index is 538. The average Bonchev–Trinajstić information content (AvgIpc) is 2.90. The van der Waals surface area contributed by atoms with Gasteiger partial charge in [-0.2, -0.15) is 0 Å². The molecule has 7 nitrogen and oxygen atoms in total. The molecular weight excluding hydrogens is 372 g/mol. The summed E-state index contributed by atoms with van der Waals surface area (Å²) < 4.78 is 16.9. The first-order valence-corrected chi connectivity index (χ1v) is 11.1. The molecule has 1 atom stereocenters. The molecule has 0 aromatic carbocycles. The number of methoxy groups -OCH3 is 1. The third kappa shape index (κ3) is 6.85. The van der Waals surface area contributed by atoms with E-state index in [0.717, 1.165) is 45.4 Å². The third-order valence-corrected chi connectivity index (χ3v) is 5.77. The van der Waals surface area contributed by atoms with Gasteiger partial charge in [-0.05, 0) is 59.3 Å². The molecule has 29 heavy (non-hydrogen) atoms. The molecular formula is C22H40N2O5. The minimum atomic E-state index is -0.558. The van der Waals surface area contributed by atoms with E-state index in [0.29, 0.717) is 32.5 Å². The molecule has 2 fully saturated rings. The molecule has 0 aliphatic carbocycles. The molecule has 2 heterocycles. The lowest BCUT2D eigenvalue weighted by Crippen LogP contribution is -2.54. The summed E-state index contributed by atoms with van der Waals surface area (Å²) in [7, 11) is 1.65. The topological polar surface area (TPSA) is 68.3 Å². The Labute approximate surface area is 176 Å². The SMILES string of the molecule is CCCOC1CCCN(C(=O)C2(COC)CCN(C(=O)OC(C)(C)C)CC2)CC1. The number of carbonyl (C=O) groups is 2. The first kappa shape index (κ1) is 23.9. The molecule has 0 bridgehead atoms. The number of carbonyl (C=O) groups excluding carboxylic acids is 2. The van der Waals surface area contributed by atoms with Gasteiger partial charge < -0.3 is 24.0 Å². The van der Waals surface area contributed by atoms with Crippen LogP contribution in [0.25, 0.3) is 0 Å². The van der Waals surface area contributed by atoms with Gasteiger partial charge in [-0.1, -0.05) is 6.92 Å². The number of ether oxygens (including phenoxy) is 3. The molecule has 168 valence electrons. The van der Waals surface area contributed by atoms with E-state index < -0.39 is 11.0 Å². The first-order valence-electron chi connectivity index (χ1n) is 11.1. The number of hydrogen-bond donors (Lipinski definition) is 0. The zero-order valence-electron chi connectivity index (χ0n) is 19.0. The van der Waals surface area contributed by atoms with Gasteiger partial charge in [0.1, 0.15) is 5.60 Å². The van der Waals surface area contributed by atoms with E-state index in [1.807, 2.05) is 25.7 Å². The number of rotatable bonds is 6. The zero-order chi connectivity index (χ0) is 21.5. The van der Waals surface area contributed by atoms with Crippen LogP contribution in [0.2, 0.25) is 0 Å². The molecule has 1 unspecified atom stereocenters. The number of hydrogen-bond acceptors (Lipinski definition) is 5. The van der Waals surface area contributed by atoms with Gasteiger partial charge in [0.15, 0.2) is 0 Å². The van der Waals surface area contributed by atoms with Crippen LogP contribution in [0.4, 0.5) is 4.79 Å². The highest BCUT2D eigenvalue weighted by Gasteiger charge is 2.45. The average molecular weight is 413 g/mol. The Morgan fingerprint density at radius 3 is 2.31 bits per heavy atom. The number of amides is 2. The maximum Gasteiger partial charge on any atom is 0.410 e. The van der Waals surface area contributed by atoms with Gasteiger partial charge in [-0.3, -0.25) is 4.79 Å². The normalized spacial score (nSPS) is 22.9. The number of likely N-dealkylation sites (tertiary alicyclic amines) is 2. The Morgan fingerprint density at radius 2 is 1.72 bits per heavy atom. The monoisotopic (exact) mass is 412 g/mol. The largest absolute Gasteiger partial charge is 0.444 e. The fraction of sp³-hybridized carbons (Fsp3) is 0.909. The molecule has 0 aromatic heterocycles. The van der Waals surface area contributed by atoms with Crippen molar-refractivity contribution >= 4 is 12.0 Å². The number of piperidine rings is 1. The third-order valence-electron chi connectivity index (χ3n) is 5.77. The van der Waals surface area contributed by atoms with Crippen LogP contribution in [0, 0.1) is 5.41 Å². The molecule has 2 amide bonds. The summed E-state index contributed by atoms with van der Waals surface area (Å²) in [6, 6.07) is 0. The van der Waals surface area contributed by atoms with Crippen LogP contribution in [0.15, 0.2) is 0 Å². The summed E-state index contributed by atoms with van der Waals surface area (Å²) in [5.74, 6) is 0.166. The van der Waals surface area contributed by atoms with Gasteiger partial charge in [0.25, 0.3) is 0 Å². The van der Waals surface area contributed by atoms with Gasteiger partial charge in [0, 0.05) is 39.9 Å². The molecule has 0 N–H and O–H groups in total. The fourth-order valence-corrected chi connectivity index (χ4v) is 4.20. The predicted molar refractivity (Wildman–Crippen MR) is 112 cm³/mol. The molecule has 2 aliphatic heterocycles. The Balaban J connectivity index is 1.98. The lowest BCUT2D eigenvalue weighted by molar-refractivity contribution is -0.149. The van der Waals surface area contributed by atoms with Crippen LogP contribution in [-0.4, -0.2) is 80.0 Å². The van der Waals surface area contributed by atoms with Crippen molar-refractivity contribution < 1.29 is 23.8 Å². The fourth-order valence-electron chi connectivity index (χ4n) is 4.20. The zero-order valence-corrected chi connectivity index (χ0v) is 19.0. The second kappa shape index (κ2) is 10.6. The second-order valence-electron chi connectivity index (χ2n) is 9.40. The lowest BCUT2D eigenvalue weighted by Gasteiger charge is -2.42.